The van der Waals surface area contributed by atoms with Crippen molar-refractivity contribution < 1.29 is 0 Å². The Kier molecular flexibility index (Phi) is 3.90. The molecule has 4 aromatic rings. The van der Waals surface area contributed by atoms with E-state index in [9.17, 15) is 0 Å². The second-order valence-electron chi connectivity index (χ2n) is 5.65. The van der Waals surface area contributed by atoms with Crippen LogP contribution in [0, 0.1) is 0 Å². The molecule has 1 aromatic heterocycles. The molecule has 24 heavy (non-hydrogen) atoms. The summed E-state index contributed by atoms with van der Waals surface area (Å²) in [5.74, 6) is 1.77. The maximum absolute atomic E-state index is 4.47. The largest absolute Gasteiger partial charge is 0.303 e. The van der Waals surface area contributed by atoms with Gasteiger partial charge in [-0.05, 0) is 5.56 Å². The molecule has 116 valence electrons. The van der Waals surface area contributed by atoms with Gasteiger partial charge >= 0.3 is 0 Å². The quantitative estimate of drug-likeness (QED) is 0.549. The fourth-order valence-electron chi connectivity index (χ4n) is 2.82. The average molecular weight is 311 g/mol. The van der Waals surface area contributed by atoms with Crippen LogP contribution < -0.4 is 0 Å². The average Bonchev–Trinajstić information content (AvgIpc) is 3.07. The van der Waals surface area contributed by atoms with Gasteiger partial charge < -0.3 is 4.57 Å². The highest BCUT2D eigenvalue weighted by atomic mass is 15.3. The summed E-state index contributed by atoms with van der Waals surface area (Å²) < 4.78 is 2.18. The Hall–Kier alpha value is -3.20. The highest BCUT2D eigenvalue weighted by Gasteiger charge is 2.15. The van der Waals surface area contributed by atoms with Gasteiger partial charge in [-0.25, -0.2) is 0 Å². The van der Waals surface area contributed by atoms with Crippen molar-refractivity contribution in [2.75, 3.05) is 0 Å². The van der Waals surface area contributed by atoms with Gasteiger partial charge in [0.2, 0.25) is 0 Å². The van der Waals surface area contributed by atoms with Gasteiger partial charge in [-0.2, -0.15) is 0 Å². The molecule has 0 N–H and O–H groups in total. The van der Waals surface area contributed by atoms with Gasteiger partial charge in [0.05, 0.1) is 6.54 Å². The molecule has 0 spiro atoms. The molecule has 3 heteroatoms. The van der Waals surface area contributed by atoms with Crippen LogP contribution in [0.4, 0.5) is 0 Å². The van der Waals surface area contributed by atoms with Crippen LogP contribution in [0.3, 0.4) is 0 Å². The Morgan fingerprint density at radius 3 is 1.42 bits per heavy atom. The number of benzene rings is 3. The van der Waals surface area contributed by atoms with Crippen LogP contribution in [0.15, 0.2) is 91.0 Å². The first kappa shape index (κ1) is 14.4. The van der Waals surface area contributed by atoms with Gasteiger partial charge in [0.1, 0.15) is 0 Å². The SMILES string of the molecule is c1ccc(Cn2c(-c3ccccc3)nnc2-c2ccccc2)cc1. The summed E-state index contributed by atoms with van der Waals surface area (Å²) in [6.45, 7) is 0.738. The maximum Gasteiger partial charge on any atom is 0.164 e. The Morgan fingerprint density at radius 1 is 0.542 bits per heavy atom. The molecular weight excluding hydrogens is 294 g/mol. The Balaban J connectivity index is 1.85. The topological polar surface area (TPSA) is 30.7 Å². The minimum Gasteiger partial charge on any atom is -0.303 e. The van der Waals surface area contributed by atoms with E-state index in [4.69, 9.17) is 0 Å². The molecule has 0 aliphatic heterocycles. The third-order valence-electron chi connectivity index (χ3n) is 4.00. The van der Waals surface area contributed by atoms with Crippen molar-refractivity contribution >= 4 is 0 Å². The smallest absolute Gasteiger partial charge is 0.164 e. The molecule has 1 heterocycles. The second kappa shape index (κ2) is 6.50. The van der Waals surface area contributed by atoms with Crippen molar-refractivity contribution in [2.24, 2.45) is 0 Å². The van der Waals surface area contributed by atoms with E-state index in [0.29, 0.717) is 0 Å². The molecule has 0 saturated carbocycles. The highest BCUT2D eigenvalue weighted by molar-refractivity contribution is 5.62. The molecule has 4 rings (SSSR count). The van der Waals surface area contributed by atoms with E-state index in [1.54, 1.807) is 0 Å². The molecule has 0 fully saturated rings. The van der Waals surface area contributed by atoms with Gasteiger partial charge in [-0.3, -0.25) is 0 Å². The number of hydrogen-bond acceptors (Lipinski definition) is 2. The zero-order valence-corrected chi connectivity index (χ0v) is 13.2. The van der Waals surface area contributed by atoms with Crippen molar-refractivity contribution in [1.29, 1.82) is 0 Å². The fraction of sp³-hybridized carbons (Fsp3) is 0.0476. The van der Waals surface area contributed by atoms with Crippen LogP contribution in [0.2, 0.25) is 0 Å². The van der Waals surface area contributed by atoms with E-state index in [1.165, 1.54) is 5.56 Å². The molecule has 0 aliphatic rings. The lowest BCUT2D eigenvalue weighted by molar-refractivity contribution is 0.812. The Morgan fingerprint density at radius 2 is 0.958 bits per heavy atom. The maximum atomic E-state index is 4.47. The number of aromatic nitrogens is 3. The van der Waals surface area contributed by atoms with Crippen molar-refractivity contribution in [1.82, 2.24) is 14.8 Å². The summed E-state index contributed by atoms with van der Waals surface area (Å²) in [4.78, 5) is 0. The first-order valence-electron chi connectivity index (χ1n) is 8.00. The normalized spacial score (nSPS) is 10.7. The summed E-state index contributed by atoms with van der Waals surface area (Å²) >= 11 is 0. The molecule has 0 atom stereocenters. The van der Waals surface area contributed by atoms with Gasteiger partial charge in [-0.1, -0.05) is 91.0 Å². The molecule has 3 nitrogen and oxygen atoms in total. The predicted octanol–water partition coefficient (Wildman–Crippen LogP) is 4.66. The molecule has 0 radical (unpaired) electrons. The highest BCUT2D eigenvalue weighted by Crippen LogP contribution is 2.25. The molecular formula is C21H17N3. The summed E-state index contributed by atoms with van der Waals surface area (Å²) in [6, 6.07) is 30.8. The molecule has 0 aliphatic carbocycles. The Labute approximate surface area is 141 Å². The number of rotatable bonds is 4. The van der Waals surface area contributed by atoms with Crippen molar-refractivity contribution in [3.63, 3.8) is 0 Å². The van der Waals surface area contributed by atoms with Crippen molar-refractivity contribution in [3.8, 4) is 22.8 Å². The minimum atomic E-state index is 0.738. The Bertz CT molecular complexity index is 856. The van der Waals surface area contributed by atoms with Crippen molar-refractivity contribution in [2.45, 2.75) is 6.54 Å². The molecule has 0 saturated heterocycles. The molecule has 0 bridgehead atoms. The lowest BCUT2D eigenvalue weighted by atomic mass is 10.1. The predicted molar refractivity (Wildman–Crippen MR) is 96.4 cm³/mol. The number of nitrogens with zero attached hydrogens (tertiary/aromatic N) is 3. The summed E-state index contributed by atoms with van der Waals surface area (Å²) in [6.07, 6.45) is 0. The second-order valence-corrected chi connectivity index (χ2v) is 5.65. The van der Waals surface area contributed by atoms with Crippen LogP contribution in [0.1, 0.15) is 5.56 Å². The van der Waals surface area contributed by atoms with Gasteiger partial charge in [-0.15, -0.1) is 10.2 Å². The monoisotopic (exact) mass is 311 g/mol. The van der Waals surface area contributed by atoms with Crippen molar-refractivity contribution in [3.05, 3.63) is 96.6 Å². The first-order valence-corrected chi connectivity index (χ1v) is 8.00. The van der Waals surface area contributed by atoms with Crippen LogP contribution in [0.5, 0.6) is 0 Å². The standard InChI is InChI=1S/C21H17N3/c1-4-10-17(11-5-1)16-24-20(18-12-6-2-7-13-18)22-23-21(24)19-14-8-3-9-15-19/h1-15H,16H2. The zero-order chi connectivity index (χ0) is 16.2. The van der Waals surface area contributed by atoms with Gasteiger partial charge in [0, 0.05) is 11.1 Å². The minimum absolute atomic E-state index is 0.738. The van der Waals surface area contributed by atoms with E-state index >= 15 is 0 Å². The van der Waals surface area contributed by atoms with E-state index in [1.807, 2.05) is 42.5 Å². The van der Waals surface area contributed by atoms with Crippen LogP contribution in [0.25, 0.3) is 22.8 Å². The zero-order valence-electron chi connectivity index (χ0n) is 13.2. The van der Waals surface area contributed by atoms with Gasteiger partial charge in [0.15, 0.2) is 11.6 Å². The molecule has 0 amide bonds. The lowest BCUT2D eigenvalue weighted by Crippen LogP contribution is -2.04. The summed E-state index contributed by atoms with van der Waals surface area (Å²) in [7, 11) is 0. The van der Waals surface area contributed by atoms with Crippen LogP contribution in [-0.2, 0) is 6.54 Å². The van der Waals surface area contributed by atoms with Crippen LogP contribution >= 0.6 is 0 Å². The molecule has 0 unspecified atom stereocenters. The van der Waals surface area contributed by atoms with Crippen LogP contribution in [-0.4, -0.2) is 14.8 Å². The number of hydrogen-bond donors (Lipinski definition) is 0. The summed E-state index contributed by atoms with van der Waals surface area (Å²) in [5.41, 5.74) is 3.37. The molecule has 3 aromatic carbocycles. The summed E-state index contributed by atoms with van der Waals surface area (Å²) in [5, 5.41) is 8.94. The lowest BCUT2D eigenvalue weighted by Gasteiger charge is -2.11. The van der Waals surface area contributed by atoms with E-state index in [2.05, 4.69) is 63.3 Å². The van der Waals surface area contributed by atoms with Gasteiger partial charge in [0.25, 0.3) is 0 Å². The third kappa shape index (κ3) is 2.84. The first-order chi connectivity index (χ1) is 11.9. The van der Waals surface area contributed by atoms with E-state index in [-0.39, 0.29) is 0 Å². The van der Waals surface area contributed by atoms with E-state index in [0.717, 1.165) is 29.3 Å². The third-order valence-corrected chi connectivity index (χ3v) is 4.00. The fourth-order valence-corrected chi connectivity index (χ4v) is 2.82. The van der Waals surface area contributed by atoms with E-state index < -0.39 is 0 Å².